The molecule has 6 heterocycles. The van der Waals surface area contributed by atoms with Crippen LogP contribution in [0.15, 0.2) is 72.5 Å². The Hall–Kier alpha value is -3.48. The summed E-state index contributed by atoms with van der Waals surface area (Å²) in [5.74, 6) is 0.695. The average molecular weight is 589 g/mol. The molecule has 3 bridgehead atoms. The molecule has 5 aliphatic rings. The van der Waals surface area contributed by atoms with Crippen molar-refractivity contribution < 1.29 is 9.53 Å². The van der Waals surface area contributed by atoms with Crippen LogP contribution in [0, 0.1) is 11.3 Å². The van der Waals surface area contributed by atoms with Crippen molar-refractivity contribution in [2.75, 3.05) is 26.2 Å². The fourth-order valence-electron chi connectivity index (χ4n) is 9.35. The van der Waals surface area contributed by atoms with Crippen molar-refractivity contribution in [3.05, 3.63) is 78.2 Å². The third kappa shape index (κ3) is 4.69. The molecule has 6 heteroatoms. The first-order chi connectivity index (χ1) is 21.6. The Labute approximate surface area is 260 Å². The Morgan fingerprint density at radius 2 is 1.86 bits per heavy atom. The quantitative estimate of drug-likeness (QED) is 0.190. The molecule has 0 saturated carbocycles. The molecule has 5 atom stereocenters. The van der Waals surface area contributed by atoms with E-state index in [0.717, 1.165) is 53.4 Å². The van der Waals surface area contributed by atoms with Crippen molar-refractivity contribution in [3.63, 3.8) is 0 Å². The number of benzene rings is 1. The molecular weight excluding hydrogens is 544 g/mol. The van der Waals surface area contributed by atoms with Crippen LogP contribution in [0.4, 0.5) is 0 Å². The number of H-pyrrole nitrogens is 1. The van der Waals surface area contributed by atoms with Gasteiger partial charge >= 0.3 is 5.97 Å². The zero-order chi connectivity index (χ0) is 29.7. The van der Waals surface area contributed by atoms with Crippen molar-refractivity contribution in [1.82, 2.24) is 19.8 Å². The van der Waals surface area contributed by atoms with Crippen molar-refractivity contribution in [2.24, 2.45) is 11.3 Å². The second kappa shape index (κ2) is 11.5. The standard InChI is InChI=1S/C38H44N4O2/c1-26(43)44-33-16-12-15-29-30-17-19-39-35(36(30)40-34(29)33)31-23-27-13-8-4-2-3-6-10-20-41-22-18-32(31)38(25-41)24-28-14-9-5-7-11-21-42(28)37(27)38/h2,4,9,12-17,19,23,28,32,37,40H,3,5-8,10-11,18,20-22,24-25H2,1H3/b4-2-,14-9-,27-13-/t28-,32-,37+,38-/m0/s1. The van der Waals surface area contributed by atoms with Crippen molar-refractivity contribution in [3.8, 4) is 5.75 Å². The smallest absolute Gasteiger partial charge is 0.308 e. The van der Waals surface area contributed by atoms with E-state index in [4.69, 9.17) is 9.72 Å². The number of hydrogen-bond donors (Lipinski definition) is 1. The van der Waals surface area contributed by atoms with E-state index in [1.807, 2.05) is 18.3 Å². The lowest BCUT2D eigenvalue weighted by Crippen LogP contribution is -2.57. The molecule has 0 radical (unpaired) electrons. The van der Waals surface area contributed by atoms with Crippen molar-refractivity contribution >= 4 is 33.3 Å². The Bertz CT molecular complexity index is 1710. The van der Waals surface area contributed by atoms with E-state index in [2.05, 4.69) is 63.4 Å². The van der Waals surface area contributed by atoms with Crippen LogP contribution in [-0.4, -0.2) is 64.0 Å². The van der Waals surface area contributed by atoms with Gasteiger partial charge in [-0.25, -0.2) is 0 Å². The van der Waals surface area contributed by atoms with E-state index in [1.165, 1.54) is 76.1 Å². The lowest BCUT2D eigenvalue weighted by atomic mass is 9.57. The second-order valence-electron chi connectivity index (χ2n) is 13.7. The van der Waals surface area contributed by atoms with Gasteiger partial charge in [-0.3, -0.25) is 14.7 Å². The van der Waals surface area contributed by atoms with Crippen LogP contribution in [0.5, 0.6) is 5.75 Å². The first-order valence-corrected chi connectivity index (χ1v) is 16.9. The van der Waals surface area contributed by atoms with Gasteiger partial charge in [-0.2, -0.15) is 0 Å². The third-order valence-electron chi connectivity index (χ3n) is 11.0. The van der Waals surface area contributed by atoms with Crippen LogP contribution in [0.1, 0.15) is 70.4 Å². The summed E-state index contributed by atoms with van der Waals surface area (Å²) in [5.41, 5.74) is 5.98. The molecule has 2 saturated heterocycles. The van der Waals surface area contributed by atoms with Crippen LogP contribution < -0.4 is 4.74 Å². The molecule has 1 unspecified atom stereocenters. The van der Waals surface area contributed by atoms with Crippen LogP contribution in [0.3, 0.4) is 0 Å². The summed E-state index contributed by atoms with van der Waals surface area (Å²) in [6.45, 7) is 6.14. The number of rotatable bonds is 2. The topological polar surface area (TPSA) is 61.5 Å². The number of piperidine rings is 1. The number of para-hydroxylation sites is 1. The monoisotopic (exact) mass is 588 g/mol. The number of hydrogen-bond acceptors (Lipinski definition) is 5. The highest BCUT2D eigenvalue weighted by Gasteiger charge is 2.60. The number of aromatic nitrogens is 2. The van der Waals surface area contributed by atoms with E-state index in [1.54, 1.807) is 0 Å². The van der Waals surface area contributed by atoms with Gasteiger partial charge in [-0.1, -0.05) is 48.6 Å². The molecule has 6 nitrogen and oxygen atoms in total. The molecule has 228 valence electrons. The predicted molar refractivity (Wildman–Crippen MR) is 177 cm³/mol. The van der Waals surface area contributed by atoms with Crippen LogP contribution >= 0.6 is 0 Å². The van der Waals surface area contributed by atoms with Gasteiger partial charge in [0.2, 0.25) is 0 Å². The number of nitrogens with zero attached hydrogens (tertiary/aromatic N) is 3. The van der Waals surface area contributed by atoms with E-state index in [0.29, 0.717) is 23.8 Å². The molecule has 1 aromatic carbocycles. The Kier molecular flexibility index (Phi) is 7.30. The van der Waals surface area contributed by atoms with E-state index >= 15 is 0 Å². The number of esters is 1. The van der Waals surface area contributed by atoms with E-state index < -0.39 is 0 Å². The van der Waals surface area contributed by atoms with Gasteiger partial charge in [0.1, 0.15) is 0 Å². The summed E-state index contributed by atoms with van der Waals surface area (Å²) in [7, 11) is 0. The molecule has 4 aliphatic heterocycles. The fourth-order valence-corrected chi connectivity index (χ4v) is 9.35. The van der Waals surface area contributed by atoms with E-state index in [-0.39, 0.29) is 11.4 Å². The highest BCUT2D eigenvalue weighted by Crippen LogP contribution is 2.60. The van der Waals surface area contributed by atoms with Gasteiger partial charge in [-0.15, -0.1) is 0 Å². The van der Waals surface area contributed by atoms with Crippen molar-refractivity contribution in [2.45, 2.75) is 76.8 Å². The first-order valence-electron chi connectivity index (χ1n) is 16.9. The van der Waals surface area contributed by atoms with Crippen LogP contribution in [0.2, 0.25) is 0 Å². The van der Waals surface area contributed by atoms with Gasteiger partial charge in [0, 0.05) is 47.9 Å². The molecule has 3 aromatic rings. The number of ether oxygens (including phenoxy) is 1. The number of pyridine rings is 1. The van der Waals surface area contributed by atoms with Gasteiger partial charge < -0.3 is 14.6 Å². The van der Waals surface area contributed by atoms with Gasteiger partial charge in [0.05, 0.1) is 16.7 Å². The lowest BCUT2D eigenvalue weighted by molar-refractivity contribution is -0.131. The Balaban J connectivity index is 1.33. The fraction of sp³-hybridized carbons (Fsp3) is 0.474. The minimum absolute atomic E-state index is 0.143. The van der Waals surface area contributed by atoms with Gasteiger partial charge in [-0.05, 0) is 107 Å². The summed E-state index contributed by atoms with van der Waals surface area (Å²) >= 11 is 0. The molecule has 1 spiro atoms. The maximum atomic E-state index is 11.9. The average Bonchev–Trinajstić information content (AvgIpc) is 3.53. The largest absolute Gasteiger partial charge is 0.424 e. The number of aromatic amines is 1. The second-order valence-corrected chi connectivity index (χ2v) is 13.7. The molecule has 0 amide bonds. The molecule has 8 rings (SSSR count). The molecule has 2 fully saturated rings. The van der Waals surface area contributed by atoms with Crippen molar-refractivity contribution in [1.29, 1.82) is 0 Å². The number of nitrogens with one attached hydrogen (secondary N) is 1. The van der Waals surface area contributed by atoms with Crippen LogP contribution in [-0.2, 0) is 4.79 Å². The Morgan fingerprint density at radius 1 is 1.00 bits per heavy atom. The zero-order valence-corrected chi connectivity index (χ0v) is 25.9. The molecule has 1 N–H and O–H groups in total. The highest BCUT2D eigenvalue weighted by atomic mass is 16.5. The highest BCUT2D eigenvalue weighted by molar-refractivity contribution is 6.12. The summed E-state index contributed by atoms with van der Waals surface area (Å²) in [4.78, 5) is 26.5. The van der Waals surface area contributed by atoms with Gasteiger partial charge in [0.15, 0.2) is 5.75 Å². The summed E-state index contributed by atoms with van der Waals surface area (Å²) in [6.07, 6.45) is 27.7. The maximum Gasteiger partial charge on any atom is 0.308 e. The third-order valence-corrected chi connectivity index (χ3v) is 11.0. The molecule has 1 aliphatic carbocycles. The lowest BCUT2D eigenvalue weighted by Gasteiger charge is -2.54. The SMILES string of the molecule is CC(=O)Oc1cccc2c1[nH]c1c(C3=C/C4=C/C/C=C\CCCCN5CC[C@@H]3[C@]3(C[C@@H]6/C=C\CCCCN6[C@H]43)C5)nccc12. The van der Waals surface area contributed by atoms with Gasteiger partial charge in [0.25, 0.3) is 0 Å². The summed E-state index contributed by atoms with van der Waals surface area (Å²) < 4.78 is 5.63. The number of allylic oxidation sites excluding steroid dienone is 5. The summed E-state index contributed by atoms with van der Waals surface area (Å²) in [5, 5.41) is 2.20. The molecule has 44 heavy (non-hydrogen) atoms. The zero-order valence-electron chi connectivity index (χ0n) is 25.9. The van der Waals surface area contributed by atoms with E-state index in [9.17, 15) is 4.79 Å². The molecular formula is C38H44N4O2. The first kappa shape index (κ1) is 28.0. The summed E-state index contributed by atoms with van der Waals surface area (Å²) in [6, 6.07) is 8.98. The molecule has 2 aromatic heterocycles. The normalized spacial score (nSPS) is 33.4. The predicted octanol–water partition coefficient (Wildman–Crippen LogP) is 7.59. The minimum atomic E-state index is -0.310. The number of carbonyl (C=O) groups is 1. The van der Waals surface area contributed by atoms with Crippen LogP contribution in [0.25, 0.3) is 27.4 Å². The maximum absolute atomic E-state index is 11.9. The Morgan fingerprint density at radius 3 is 2.77 bits per heavy atom. The minimum Gasteiger partial charge on any atom is -0.424 e. The number of fused-ring (bicyclic) bond motifs is 5. The number of carbonyl (C=O) groups excluding carboxylic acids is 1.